The van der Waals surface area contributed by atoms with Gasteiger partial charge in [0.2, 0.25) is 0 Å². The Morgan fingerprint density at radius 3 is 2.50 bits per heavy atom. The van der Waals surface area contributed by atoms with Crippen LogP contribution in [0, 0.1) is 0 Å². The van der Waals surface area contributed by atoms with Crippen LogP contribution in [0.1, 0.15) is 24.0 Å². The highest BCUT2D eigenvalue weighted by Crippen LogP contribution is 2.23. The topological polar surface area (TPSA) is 85.3 Å². The molecule has 0 fully saturated rings. The molecular weight excluding hydrogens is 448 g/mol. The molecule has 34 heavy (non-hydrogen) atoms. The maximum absolute atomic E-state index is 13.4. The predicted molar refractivity (Wildman–Crippen MR) is 123 cm³/mol. The van der Waals surface area contributed by atoms with Crippen molar-refractivity contribution < 1.29 is 37.7 Å². The van der Waals surface area contributed by atoms with Gasteiger partial charge in [0.05, 0.1) is 7.11 Å². The molecule has 2 aromatic rings. The highest BCUT2D eigenvalue weighted by Gasteiger charge is 2.42. The van der Waals surface area contributed by atoms with E-state index in [1.807, 2.05) is 61.5 Å². The van der Waals surface area contributed by atoms with Crippen molar-refractivity contribution in [3.63, 3.8) is 0 Å². The summed E-state index contributed by atoms with van der Waals surface area (Å²) >= 11 is 0. The van der Waals surface area contributed by atoms with Crippen LogP contribution in [-0.2, 0) is 27.2 Å². The Hall–Kier alpha value is -3.20. The highest BCUT2D eigenvalue weighted by atomic mass is 19.3. The van der Waals surface area contributed by atoms with Gasteiger partial charge in [0.15, 0.2) is 0 Å². The SMILES string of the molecule is COc1cccc(CCc2ccccc2OCC(CCN(C)C)OC(=O)CC(F)(F)C(=O)O)c1. The lowest BCUT2D eigenvalue weighted by Crippen LogP contribution is -2.35. The largest absolute Gasteiger partial charge is 0.497 e. The van der Waals surface area contributed by atoms with Crippen molar-refractivity contribution in [2.75, 3.05) is 34.4 Å². The number of nitrogens with zero attached hydrogens (tertiary/aromatic N) is 1. The second-order valence-electron chi connectivity index (χ2n) is 8.16. The van der Waals surface area contributed by atoms with E-state index in [4.69, 9.17) is 19.3 Å². The van der Waals surface area contributed by atoms with Gasteiger partial charge < -0.3 is 24.2 Å². The van der Waals surface area contributed by atoms with Gasteiger partial charge in [0, 0.05) is 13.0 Å². The van der Waals surface area contributed by atoms with Crippen molar-refractivity contribution in [1.29, 1.82) is 0 Å². The highest BCUT2D eigenvalue weighted by molar-refractivity contribution is 5.82. The number of carbonyl (C=O) groups excluding carboxylic acids is 1. The fourth-order valence-corrected chi connectivity index (χ4v) is 3.20. The standard InChI is InChI=1S/C25H31F2NO6/c1-28(2)14-13-21(34-23(29)16-25(26,27)24(30)31)17-33-22-10-5-4-8-19(22)12-11-18-7-6-9-20(15-18)32-3/h4-10,15,21H,11-14,16-17H2,1-3H3,(H,30,31). The molecule has 0 spiro atoms. The van der Waals surface area contributed by atoms with Crippen molar-refractivity contribution in [3.05, 3.63) is 59.7 Å². The first-order chi connectivity index (χ1) is 16.1. The number of hydrogen-bond acceptors (Lipinski definition) is 6. The lowest BCUT2D eigenvalue weighted by molar-refractivity contribution is -0.176. The molecule has 186 valence electrons. The molecule has 0 saturated carbocycles. The zero-order valence-electron chi connectivity index (χ0n) is 19.6. The Labute approximate surface area is 198 Å². The summed E-state index contributed by atoms with van der Waals surface area (Å²) in [6.07, 6.45) is -0.565. The van der Waals surface area contributed by atoms with Crippen molar-refractivity contribution >= 4 is 11.9 Å². The van der Waals surface area contributed by atoms with Crippen molar-refractivity contribution in [3.8, 4) is 11.5 Å². The fourth-order valence-electron chi connectivity index (χ4n) is 3.20. The van der Waals surface area contributed by atoms with Crippen molar-refractivity contribution in [2.24, 2.45) is 0 Å². The molecule has 7 nitrogen and oxygen atoms in total. The minimum absolute atomic E-state index is 0.0472. The number of hydrogen-bond donors (Lipinski definition) is 1. The van der Waals surface area contributed by atoms with E-state index in [-0.39, 0.29) is 6.61 Å². The molecule has 9 heteroatoms. The number of benzene rings is 2. The first kappa shape index (κ1) is 27.0. The van der Waals surface area contributed by atoms with Gasteiger partial charge in [-0.05, 0) is 56.3 Å². The molecule has 1 atom stereocenters. The Morgan fingerprint density at radius 2 is 1.82 bits per heavy atom. The minimum Gasteiger partial charge on any atom is -0.497 e. The quantitative estimate of drug-likeness (QED) is 0.412. The molecule has 0 aliphatic heterocycles. The van der Waals surface area contributed by atoms with Crippen LogP contribution in [-0.4, -0.2) is 68.3 Å². The van der Waals surface area contributed by atoms with Gasteiger partial charge in [-0.2, -0.15) is 8.78 Å². The number of ether oxygens (including phenoxy) is 3. The molecule has 0 amide bonds. The predicted octanol–water partition coefficient (Wildman–Crippen LogP) is 3.83. The van der Waals surface area contributed by atoms with Crippen LogP contribution in [0.15, 0.2) is 48.5 Å². The molecule has 0 aliphatic rings. The third-order valence-electron chi connectivity index (χ3n) is 5.09. The van der Waals surface area contributed by atoms with E-state index >= 15 is 0 Å². The van der Waals surface area contributed by atoms with Crippen LogP contribution in [0.5, 0.6) is 11.5 Å². The molecule has 0 heterocycles. The summed E-state index contributed by atoms with van der Waals surface area (Å²) < 4.78 is 43.1. The number of esters is 1. The molecule has 0 bridgehead atoms. The number of aryl methyl sites for hydroxylation is 2. The molecular formula is C25H31F2NO6. The number of aliphatic carboxylic acids is 1. The normalized spacial score (nSPS) is 12.3. The van der Waals surface area contributed by atoms with Crippen molar-refractivity contribution in [2.45, 2.75) is 37.7 Å². The maximum atomic E-state index is 13.4. The zero-order chi connectivity index (χ0) is 25.1. The Kier molecular flexibility index (Phi) is 10.2. The maximum Gasteiger partial charge on any atom is 0.375 e. The molecule has 1 N–H and O–H groups in total. The summed E-state index contributed by atoms with van der Waals surface area (Å²) in [5.74, 6) is -6.45. The number of carboxylic acids is 1. The van der Waals surface area contributed by atoms with Crippen LogP contribution < -0.4 is 9.47 Å². The lowest BCUT2D eigenvalue weighted by atomic mass is 10.0. The number of rotatable bonds is 14. The average Bonchev–Trinajstić information content (AvgIpc) is 2.79. The summed E-state index contributed by atoms with van der Waals surface area (Å²) in [7, 11) is 5.27. The number of carboxylic acid groups (broad SMARTS) is 1. The van der Waals surface area contributed by atoms with Crippen LogP contribution in [0.3, 0.4) is 0 Å². The second-order valence-corrected chi connectivity index (χ2v) is 8.16. The molecule has 1 unspecified atom stereocenters. The lowest BCUT2D eigenvalue weighted by Gasteiger charge is -2.22. The number of methoxy groups -OCH3 is 1. The molecule has 2 rings (SSSR count). The monoisotopic (exact) mass is 479 g/mol. The van der Waals surface area contributed by atoms with Crippen LogP contribution in [0.25, 0.3) is 0 Å². The number of alkyl halides is 2. The van der Waals surface area contributed by atoms with E-state index in [2.05, 4.69) is 0 Å². The number of para-hydroxylation sites is 1. The fraction of sp³-hybridized carbons (Fsp3) is 0.440. The van der Waals surface area contributed by atoms with Gasteiger partial charge in [-0.25, -0.2) is 4.79 Å². The second kappa shape index (κ2) is 12.9. The van der Waals surface area contributed by atoms with E-state index in [1.165, 1.54) is 0 Å². The summed E-state index contributed by atoms with van der Waals surface area (Å²) in [5, 5.41) is 8.55. The Morgan fingerprint density at radius 1 is 1.09 bits per heavy atom. The van der Waals surface area contributed by atoms with E-state index in [0.717, 1.165) is 23.3 Å². The summed E-state index contributed by atoms with van der Waals surface area (Å²) in [5.41, 5.74) is 2.05. The number of halogens is 2. The molecule has 0 saturated heterocycles. The van der Waals surface area contributed by atoms with E-state index < -0.39 is 30.4 Å². The smallest absolute Gasteiger partial charge is 0.375 e. The van der Waals surface area contributed by atoms with Gasteiger partial charge >= 0.3 is 17.9 Å². The summed E-state index contributed by atoms with van der Waals surface area (Å²) in [4.78, 5) is 24.4. The van der Waals surface area contributed by atoms with E-state index in [9.17, 15) is 18.4 Å². The Balaban J connectivity index is 2.03. The van der Waals surface area contributed by atoms with Gasteiger partial charge in [0.25, 0.3) is 0 Å². The Bertz CT molecular complexity index is 951. The third kappa shape index (κ3) is 8.97. The first-order valence-corrected chi connectivity index (χ1v) is 10.9. The minimum atomic E-state index is -4.18. The van der Waals surface area contributed by atoms with Gasteiger partial charge in [-0.15, -0.1) is 0 Å². The van der Waals surface area contributed by atoms with Crippen molar-refractivity contribution in [1.82, 2.24) is 4.90 Å². The van der Waals surface area contributed by atoms with Gasteiger partial charge in [0.1, 0.15) is 30.6 Å². The van der Waals surface area contributed by atoms with Gasteiger partial charge in [-0.3, -0.25) is 4.79 Å². The van der Waals surface area contributed by atoms with Crippen LogP contribution >= 0.6 is 0 Å². The van der Waals surface area contributed by atoms with Crippen LogP contribution in [0.4, 0.5) is 8.78 Å². The van der Waals surface area contributed by atoms with Crippen LogP contribution in [0.2, 0.25) is 0 Å². The molecule has 0 aromatic heterocycles. The first-order valence-electron chi connectivity index (χ1n) is 10.9. The van der Waals surface area contributed by atoms with E-state index in [1.54, 1.807) is 13.2 Å². The summed E-state index contributed by atoms with van der Waals surface area (Å²) in [6, 6.07) is 15.2. The molecule has 0 radical (unpaired) electrons. The van der Waals surface area contributed by atoms with E-state index in [0.29, 0.717) is 25.1 Å². The number of carbonyl (C=O) groups is 2. The summed E-state index contributed by atoms with van der Waals surface area (Å²) in [6.45, 7) is 0.475. The van der Waals surface area contributed by atoms with Gasteiger partial charge in [-0.1, -0.05) is 30.3 Å². The third-order valence-corrected chi connectivity index (χ3v) is 5.09. The molecule has 2 aromatic carbocycles. The average molecular weight is 480 g/mol. The zero-order valence-corrected chi connectivity index (χ0v) is 19.6. The molecule has 0 aliphatic carbocycles.